The van der Waals surface area contributed by atoms with E-state index in [1.54, 1.807) is 12.1 Å². The van der Waals surface area contributed by atoms with Crippen LogP contribution in [-0.4, -0.2) is 79.8 Å². The normalized spacial score (nSPS) is 25.8. The Morgan fingerprint density at radius 2 is 2.09 bits per heavy atom. The number of non-ortho nitro benzene ring substituents is 1. The van der Waals surface area contributed by atoms with Gasteiger partial charge < -0.3 is 19.8 Å². The molecule has 13 nitrogen and oxygen atoms in total. The maximum atomic E-state index is 13.4. The van der Waals surface area contributed by atoms with Crippen LogP contribution in [0, 0.1) is 10.1 Å². The van der Waals surface area contributed by atoms with Crippen LogP contribution in [0.1, 0.15) is 11.3 Å². The van der Waals surface area contributed by atoms with Gasteiger partial charge in [0.25, 0.3) is 5.69 Å². The number of carbonyl (C=O) groups is 3. The number of urea groups is 1. The molecule has 4 heterocycles. The number of furan rings is 1. The van der Waals surface area contributed by atoms with E-state index in [0.29, 0.717) is 11.3 Å². The second-order valence-electron chi connectivity index (χ2n) is 8.10. The molecule has 0 unspecified atom stereocenters. The number of nitro groups is 1. The van der Waals surface area contributed by atoms with Crippen molar-refractivity contribution in [2.75, 3.05) is 19.6 Å². The van der Waals surface area contributed by atoms with E-state index in [1.807, 2.05) is 0 Å². The average Bonchev–Trinajstić information content (AvgIpc) is 3.59. The van der Waals surface area contributed by atoms with Gasteiger partial charge in [0.2, 0.25) is 10.8 Å². The molecule has 14 heteroatoms. The third-order valence-electron chi connectivity index (χ3n) is 6.01. The fraction of sp³-hybridized carbons (Fsp3) is 0.333. The number of fused-ring (bicyclic) bond motifs is 1. The van der Waals surface area contributed by atoms with E-state index < -0.39 is 33.2 Å². The molecule has 5 rings (SSSR count). The summed E-state index contributed by atoms with van der Waals surface area (Å²) >= 11 is 1.11. The zero-order valence-corrected chi connectivity index (χ0v) is 19.0. The predicted octanol–water partition coefficient (Wildman–Crippen LogP) is 0.941. The molecule has 0 radical (unpaired) electrons. The third-order valence-corrected chi connectivity index (χ3v) is 7.70. The van der Waals surface area contributed by atoms with Gasteiger partial charge in [-0.05, 0) is 29.8 Å². The van der Waals surface area contributed by atoms with Crippen LogP contribution in [0.3, 0.4) is 0 Å². The zero-order valence-electron chi connectivity index (χ0n) is 18.2. The molecule has 35 heavy (non-hydrogen) atoms. The molecule has 0 saturated carbocycles. The molecule has 0 aliphatic carbocycles. The second kappa shape index (κ2) is 8.70. The summed E-state index contributed by atoms with van der Waals surface area (Å²) in [6, 6.07) is 7.68. The minimum Gasteiger partial charge on any atom is -0.463 e. The molecule has 2 aromatic rings. The number of hydrogen-bond acceptors (Lipinski definition) is 10. The van der Waals surface area contributed by atoms with E-state index >= 15 is 0 Å². The molecular formula is C21H20N6O7S. The highest BCUT2D eigenvalue weighted by molar-refractivity contribution is 8.02. The largest absolute Gasteiger partial charge is 0.463 e. The van der Waals surface area contributed by atoms with Crippen LogP contribution in [0.2, 0.25) is 0 Å². The topological polar surface area (TPSA) is 165 Å². The summed E-state index contributed by atoms with van der Waals surface area (Å²) in [7, 11) is 0. The average molecular weight is 500 g/mol. The number of ether oxygens (including phenoxy) is 1. The van der Waals surface area contributed by atoms with Gasteiger partial charge in [-0.15, -0.1) is 0 Å². The maximum absolute atomic E-state index is 13.4. The molecule has 182 valence electrons. The van der Waals surface area contributed by atoms with Crippen LogP contribution in [-0.2, 0) is 20.9 Å². The number of rotatable bonds is 7. The van der Waals surface area contributed by atoms with E-state index in [4.69, 9.17) is 14.9 Å². The van der Waals surface area contributed by atoms with Crippen molar-refractivity contribution in [3.8, 4) is 0 Å². The number of hydrazone groups is 1. The Morgan fingerprint density at radius 1 is 1.31 bits per heavy atom. The van der Waals surface area contributed by atoms with Gasteiger partial charge >= 0.3 is 12.0 Å². The van der Waals surface area contributed by atoms with E-state index in [2.05, 4.69) is 5.10 Å². The van der Waals surface area contributed by atoms with E-state index in [9.17, 15) is 24.5 Å². The first-order chi connectivity index (χ1) is 16.8. The van der Waals surface area contributed by atoms with Gasteiger partial charge in [-0.25, -0.2) is 14.6 Å². The summed E-state index contributed by atoms with van der Waals surface area (Å²) in [5.74, 6) is -0.545. The summed E-state index contributed by atoms with van der Waals surface area (Å²) in [4.78, 5) is 50.6. The summed E-state index contributed by atoms with van der Waals surface area (Å²) < 4.78 is 10.7. The van der Waals surface area contributed by atoms with Crippen LogP contribution >= 0.6 is 11.8 Å². The Balaban J connectivity index is 1.35. The lowest BCUT2D eigenvalue weighted by Crippen LogP contribution is -2.65. The molecular weight excluding hydrogens is 480 g/mol. The van der Waals surface area contributed by atoms with Crippen molar-refractivity contribution in [1.82, 2.24) is 14.8 Å². The Bertz CT molecular complexity index is 1200. The molecule has 3 fully saturated rings. The number of β-lactam (4-membered cyclic amide) rings is 1. The van der Waals surface area contributed by atoms with Crippen molar-refractivity contribution >= 4 is 41.6 Å². The standard InChI is InChI=1S/C21H20N6O7S/c22-16-17(28)24-12-21(35-18(16)24,19(29)34-11-13-3-5-14(6-4-13)27(31)32)25-7-8-26(20(25)30)23-10-15-2-1-9-33-15/h1-6,9-10,16,18H,7-8,11-12,22H2/b23-10+/t16-,18-,21-/m1/s1. The molecule has 1 aromatic carbocycles. The van der Waals surface area contributed by atoms with Gasteiger partial charge in [0.05, 0.1) is 30.5 Å². The minimum absolute atomic E-state index is 0.0601. The Hall–Kier alpha value is -3.91. The number of nitrogens with two attached hydrogens (primary N) is 1. The van der Waals surface area contributed by atoms with Crippen LogP contribution in [0.15, 0.2) is 52.2 Å². The summed E-state index contributed by atoms with van der Waals surface area (Å²) in [5.41, 5.74) is 6.38. The van der Waals surface area contributed by atoms with Gasteiger partial charge in [-0.1, -0.05) is 11.8 Å². The maximum Gasteiger partial charge on any atom is 0.345 e. The number of carbonyl (C=O) groups excluding carboxylic acids is 3. The van der Waals surface area contributed by atoms with E-state index in [0.717, 1.165) is 11.8 Å². The fourth-order valence-electron chi connectivity index (χ4n) is 4.13. The molecule has 3 aliphatic heterocycles. The smallest absolute Gasteiger partial charge is 0.345 e. The quantitative estimate of drug-likeness (QED) is 0.191. The molecule has 1 aromatic heterocycles. The lowest BCUT2D eigenvalue weighted by atomic mass is 10.1. The van der Waals surface area contributed by atoms with Gasteiger partial charge in [0.1, 0.15) is 23.8 Å². The lowest BCUT2D eigenvalue weighted by molar-refractivity contribution is -0.384. The first kappa shape index (κ1) is 22.9. The van der Waals surface area contributed by atoms with Crippen LogP contribution in [0.5, 0.6) is 0 Å². The highest BCUT2D eigenvalue weighted by Crippen LogP contribution is 2.49. The number of amides is 3. The van der Waals surface area contributed by atoms with Gasteiger partial charge in [0.15, 0.2) is 0 Å². The van der Waals surface area contributed by atoms with E-state index in [1.165, 1.54) is 51.6 Å². The van der Waals surface area contributed by atoms with Gasteiger partial charge in [-0.3, -0.25) is 19.8 Å². The zero-order chi connectivity index (χ0) is 24.7. The molecule has 3 saturated heterocycles. The summed E-state index contributed by atoms with van der Waals surface area (Å²) in [5, 5.41) is 15.8. The van der Waals surface area contributed by atoms with Gasteiger partial charge in [-0.2, -0.15) is 5.10 Å². The minimum atomic E-state index is -1.50. The Morgan fingerprint density at radius 3 is 2.74 bits per heavy atom. The SMILES string of the molecule is N[C@@H]1C(=O)N2C[C@@](C(=O)OCc3ccc([N+](=O)[O-])cc3)(N3CCN(/N=C/c4ccco4)C3=O)S[C@H]12. The van der Waals surface area contributed by atoms with Crippen molar-refractivity contribution in [2.45, 2.75) is 22.9 Å². The Labute approximate surface area is 202 Å². The first-order valence-corrected chi connectivity index (χ1v) is 11.5. The number of benzene rings is 1. The third kappa shape index (κ3) is 3.89. The predicted molar refractivity (Wildman–Crippen MR) is 122 cm³/mol. The van der Waals surface area contributed by atoms with Crippen molar-refractivity contribution in [3.05, 3.63) is 64.1 Å². The molecule has 3 amide bonds. The Kier molecular flexibility index (Phi) is 5.68. The van der Waals surface area contributed by atoms with Crippen molar-refractivity contribution < 1.29 is 28.5 Å². The van der Waals surface area contributed by atoms with Crippen molar-refractivity contribution in [2.24, 2.45) is 10.8 Å². The van der Waals surface area contributed by atoms with Crippen LogP contribution in [0.4, 0.5) is 10.5 Å². The summed E-state index contributed by atoms with van der Waals surface area (Å²) in [6.07, 6.45) is 2.88. The molecule has 3 atom stereocenters. The molecule has 0 bridgehead atoms. The van der Waals surface area contributed by atoms with Crippen molar-refractivity contribution in [1.29, 1.82) is 0 Å². The lowest BCUT2D eigenvalue weighted by Gasteiger charge is -2.38. The van der Waals surface area contributed by atoms with Crippen molar-refractivity contribution in [3.63, 3.8) is 0 Å². The molecule has 3 aliphatic rings. The highest BCUT2D eigenvalue weighted by Gasteiger charge is 2.65. The first-order valence-electron chi connectivity index (χ1n) is 10.6. The molecule has 0 spiro atoms. The number of nitrogens with zero attached hydrogens (tertiary/aromatic N) is 5. The number of hydrogen-bond donors (Lipinski definition) is 1. The molecule has 2 N–H and O–H groups in total. The number of nitro benzene ring substituents is 1. The summed E-state index contributed by atoms with van der Waals surface area (Å²) in [6.45, 7) is 0.179. The van der Waals surface area contributed by atoms with Crippen LogP contribution in [0.25, 0.3) is 0 Å². The van der Waals surface area contributed by atoms with Gasteiger partial charge in [0, 0.05) is 18.7 Å². The highest BCUT2D eigenvalue weighted by atomic mass is 32.2. The fourth-order valence-corrected chi connectivity index (χ4v) is 5.76. The number of thioether (sulfide) groups is 1. The monoisotopic (exact) mass is 500 g/mol. The van der Waals surface area contributed by atoms with Crippen LogP contribution < -0.4 is 5.73 Å². The second-order valence-corrected chi connectivity index (χ2v) is 9.50. The number of esters is 1. The van der Waals surface area contributed by atoms with E-state index in [-0.39, 0.29) is 37.8 Å².